The average Bonchev–Trinajstić information content (AvgIpc) is 2.91. The number of fused-ring (bicyclic) bond motifs is 1. The first-order valence-corrected chi connectivity index (χ1v) is 7.67. The highest BCUT2D eigenvalue weighted by molar-refractivity contribution is 5.46. The van der Waals surface area contributed by atoms with Crippen LogP contribution in [0.25, 0.3) is 5.78 Å². The van der Waals surface area contributed by atoms with E-state index in [4.69, 9.17) is 0 Å². The highest BCUT2D eigenvalue weighted by Crippen LogP contribution is 2.27. The molecule has 23 heavy (non-hydrogen) atoms. The number of aryl methyl sites for hydroxylation is 1. The summed E-state index contributed by atoms with van der Waals surface area (Å²) in [5, 5.41) is 6.88. The first-order chi connectivity index (χ1) is 10.9. The van der Waals surface area contributed by atoms with Gasteiger partial charge in [0.25, 0.3) is 11.6 Å². The molecule has 1 fully saturated rings. The van der Waals surface area contributed by atoms with Crippen molar-refractivity contribution in [1.82, 2.24) is 24.5 Å². The normalized spacial score (nSPS) is 20.1. The molecule has 1 N–H and O–H groups in total. The molecular weight excluding hydrogens is 309 g/mol. The van der Waals surface area contributed by atoms with Crippen LogP contribution in [0.3, 0.4) is 0 Å². The quantitative estimate of drug-likeness (QED) is 0.937. The second-order valence-electron chi connectivity index (χ2n) is 5.80. The van der Waals surface area contributed by atoms with E-state index in [9.17, 15) is 13.2 Å². The lowest BCUT2D eigenvalue weighted by atomic mass is 10.1. The Balaban J connectivity index is 1.92. The molecule has 1 saturated heterocycles. The molecule has 1 unspecified atom stereocenters. The van der Waals surface area contributed by atoms with Crippen LogP contribution in [0, 0.1) is 6.92 Å². The number of piperidine rings is 1. The Morgan fingerprint density at radius 2 is 2.13 bits per heavy atom. The molecule has 0 aromatic carbocycles. The number of alkyl halides is 3. The van der Waals surface area contributed by atoms with Crippen molar-refractivity contribution in [2.45, 2.75) is 38.9 Å². The number of rotatable bonds is 3. The zero-order valence-electron chi connectivity index (χ0n) is 13.1. The van der Waals surface area contributed by atoms with Crippen LogP contribution in [-0.2, 0) is 6.18 Å². The molecule has 0 saturated carbocycles. The largest absolute Gasteiger partial charge is 0.453 e. The molecule has 0 aliphatic carbocycles. The van der Waals surface area contributed by atoms with E-state index in [0.717, 1.165) is 37.0 Å². The van der Waals surface area contributed by atoms with E-state index in [1.807, 2.05) is 0 Å². The van der Waals surface area contributed by atoms with Crippen LogP contribution < -0.4 is 5.32 Å². The molecule has 2 aromatic heterocycles. The number of nitrogens with one attached hydrogen (secondary N) is 1. The SMILES string of the molecule is CCN1CCCC(Nc2cc(C)nc3nc(C(F)(F)F)nn23)C1. The van der Waals surface area contributed by atoms with Crippen molar-refractivity contribution in [2.24, 2.45) is 0 Å². The second kappa shape index (κ2) is 5.95. The predicted molar refractivity (Wildman–Crippen MR) is 79.3 cm³/mol. The Morgan fingerprint density at radius 3 is 2.83 bits per heavy atom. The van der Waals surface area contributed by atoms with Gasteiger partial charge < -0.3 is 10.2 Å². The monoisotopic (exact) mass is 328 g/mol. The van der Waals surface area contributed by atoms with E-state index < -0.39 is 12.0 Å². The number of aromatic nitrogens is 4. The fourth-order valence-corrected chi connectivity index (χ4v) is 2.88. The molecular formula is C14H19F3N6. The summed E-state index contributed by atoms with van der Waals surface area (Å²) in [7, 11) is 0. The lowest BCUT2D eigenvalue weighted by molar-refractivity contribution is -0.144. The van der Waals surface area contributed by atoms with Gasteiger partial charge in [-0.25, -0.2) is 4.98 Å². The maximum absolute atomic E-state index is 12.8. The summed E-state index contributed by atoms with van der Waals surface area (Å²) in [4.78, 5) is 9.84. The summed E-state index contributed by atoms with van der Waals surface area (Å²) in [6, 6.07) is 1.87. The van der Waals surface area contributed by atoms with Crippen LogP contribution in [0.15, 0.2) is 6.07 Å². The predicted octanol–water partition coefficient (Wildman–Crippen LogP) is 2.35. The summed E-state index contributed by atoms with van der Waals surface area (Å²) < 4.78 is 39.6. The van der Waals surface area contributed by atoms with Gasteiger partial charge in [0.2, 0.25) is 0 Å². The molecule has 0 radical (unpaired) electrons. The van der Waals surface area contributed by atoms with Gasteiger partial charge in [0.05, 0.1) is 0 Å². The van der Waals surface area contributed by atoms with Gasteiger partial charge >= 0.3 is 6.18 Å². The molecule has 3 heterocycles. The molecule has 0 spiro atoms. The number of anilines is 1. The first-order valence-electron chi connectivity index (χ1n) is 7.67. The van der Waals surface area contributed by atoms with Crippen molar-refractivity contribution in [1.29, 1.82) is 0 Å². The minimum atomic E-state index is -4.58. The molecule has 0 bridgehead atoms. The Labute approximate surface area is 131 Å². The van der Waals surface area contributed by atoms with E-state index in [2.05, 4.69) is 32.2 Å². The Kier molecular flexibility index (Phi) is 4.13. The van der Waals surface area contributed by atoms with Crippen molar-refractivity contribution in [3.63, 3.8) is 0 Å². The highest BCUT2D eigenvalue weighted by Gasteiger charge is 2.37. The Morgan fingerprint density at radius 1 is 1.35 bits per heavy atom. The van der Waals surface area contributed by atoms with E-state index in [1.165, 1.54) is 0 Å². The van der Waals surface area contributed by atoms with Crippen LogP contribution >= 0.6 is 0 Å². The minimum Gasteiger partial charge on any atom is -0.366 e. The van der Waals surface area contributed by atoms with Gasteiger partial charge in [-0.3, -0.25) is 0 Å². The summed E-state index contributed by atoms with van der Waals surface area (Å²) in [5.74, 6) is -0.709. The molecule has 2 aromatic rings. The molecule has 0 amide bonds. The zero-order valence-corrected chi connectivity index (χ0v) is 13.1. The molecule has 126 valence electrons. The number of nitrogens with zero attached hydrogens (tertiary/aromatic N) is 5. The van der Waals surface area contributed by atoms with Crippen LogP contribution in [-0.4, -0.2) is 50.2 Å². The first kappa shape index (κ1) is 16.0. The van der Waals surface area contributed by atoms with E-state index in [-0.39, 0.29) is 11.8 Å². The molecule has 1 aliphatic heterocycles. The van der Waals surface area contributed by atoms with Gasteiger partial charge in [0.15, 0.2) is 0 Å². The standard InChI is InChI=1S/C14H19F3N6/c1-3-22-6-4-5-10(8-22)19-11-7-9(2)18-13-20-12(14(15,16)17)21-23(11)13/h7,10,19H,3-6,8H2,1-2H3. The fourth-order valence-electron chi connectivity index (χ4n) is 2.88. The minimum absolute atomic E-state index is 0.0389. The zero-order chi connectivity index (χ0) is 16.6. The average molecular weight is 328 g/mol. The third-order valence-corrected chi connectivity index (χ3v) is 4.00. The lowest BCUT2D eigenvalue weighted by Gasteiger charge is -2.32. The topological polar surface area (TPSA) is 58.3 Å². The van der Waals surface area contributed by atoms with Crippen molar-refractivity contribution in [2.75, 3.05) is 25.0 Å². The summed E-state index contributed by atoms with van der Waals surface area (Å²) >= 11 is 0. The smallest absolute Gasteiger partial charge is 0.366 e. The van der Waals surface area contributed by atoms with Crippen molar-refractivity contribution >= 4 is 11.6 Å². The molecule has 6 nitrogen and oxygen atoms in total. The third kappa shape index (κ3) is 3.39. The number of hydrogen-bond acceptors (Lipinski definition) is 5. The summed E-state index contributed by atoms with van der Waals surface area (Å²) in [6.07, 6.45) is -2.55. The van der Waals surface area contributed by atoms with Gasteiger partial charge in [-0.2, -0.15) is 22.7 Å². The third-order valence-electron chi connectivity index (χ3n) is 4.00. The molecule has 1 aliphatic rings. The number of likely N-dealkylation sites (tertiary alicyclic amines) is 1. The second-order valence-corrected chi connectivity index (χ2v) is 5.80. The Hall–Kier alpha value is -1.90. The van der Waals surface area contributed by atoms with Crippen molar-refractivity contribution in [3.05, 3.63) is 17.6 Å². The van der Waals surface area contributed by atoms with Crippen molar-refractivity contribution < 1.29 is 13.2 Å². The summed E-state index contributed by atoms with van der Waals surface area (Å²) in [6.45, 7) is 6.71. The molecule has 9 heteroatoms. The van der Waals surface area contributed by atoms with Gasteiger partial charge in [0.1, 0.15) is 5.82 Å². The van der Waals surface area contributed by atoms with E-state index in [0.29, 0.717) is 11.5 Å². The fraction of sp³-hybridized carbons (Fsp3) is 0.643. The Bertz CT molecular complexity index is 696. The number of halogens is 3. The molecule has 1 atom stereocenters. The maximum Gasteiger partial charge on any atom is 0.453 e. The number of hydrogen-bond donors (Lipinski definition) is 1. The van der Waals surface area contributed by atoms with Crippen LogP contribution in [0.2, 0.25) is 0 Å². The van der Waals surface area contributed by atoms with Crippen molar-refractivity contribution in [3.8, 4) is 0 Å². The van der Waals surface area contributed by atoms with Crippen LogP contribution in [0.5, 0.6) is 0 Å². The highest BCUT2D eigenvalue weighted by atomic mass is 19.4. The summed E-state index contributed by atoms with van der Waals surface area (Å²) in [5.41, 5.74) is 0.601. The van der Waals surface area contributed by atoms with Crippen LogP contribution in [0.1, 0.15) is 31.3 Å². The number of likely N-dealkylation sites (N-methyl/N-ethyl adjacent to an activating group) is 1. The van der Waals surface area contributed by atoms with Gasteiger partial charge in [-0.05, 0) is 32.9 Å². The van der Waals surface area contributed by atoms with Gasteiger partial charge in [-0.1, -0.05) is 6.92 Å². The molecule has 3 rings (SSSR count). The van der Waals surface area contributed by atoms with Gasteiger partial charge in [-0.15, -0.1) is 5.10 Å². The van der Waals surface area contributed by atoms with Gasteiger partial charge in [0, 0.05) is 24.3 Å². The van der Waals surface area contributed by atoms with Crippen LogP contribution in [0.4, 0.5) is 19.0 Å². The van der Waals surface area contributed by atoms with E-state index in [1.54, 1.807) is 13.0 Å². The van der Waals surface area contributed by atoms with E-state index >= 15 is 0 Å². The lowest BCUT2D eigenvalue weighted by Crippen LogP contribution is -2.42. The maximum atomic E-state index is 12.8.